The van der Waals surface area contributed by atoms with Crippen molar-refractivity contribution < 1.29 is 24.2 Å². The highest BCUT2D eigenvalue weighted by atomic mass is 16.5. The maximum Gasteiger partial charge on any atom is 0.311 e. The fourth-order valence-electron chi connectivity index (χ4n) is 3.47. The van der Waals surface area contributed by atoms with Crippen molar-refractivity contribution in [2.75, 3.05) is 0 Å². The summed E-state index contributed by atoms with van der Waals surface area (Å²) in [5.74, 6) is 0.608. The third-order valence-electron chi connectivity index (χ3n) is 5.02. The standard InChI is InChI=1S/C27H28O5/c1-3-5-25(29)31-23-15-9-20(10-16-23)27(19-7-13-22(28)14-8-19)21-11-17-24(18-12-21)32-26(30)6-4-2/h7-18,27-28H,3-6H2,1-2H3. The van der Waals surface area contributed by atoms with Crippen molar-refractivity contribution >= 4 is 11.9 Å². The van der Waals surface area contributed by atoms with E-state index in [2.05, 4.69) is 0 Å². The zero-order valence-electron chi connectivity index (χ0n) is 18.4. The van der Waals surface area contributed by atoms with Crippen molar-refractivity contribution in [1.82, 2.24) is 0 Å². The number of phenolic OH excluding ortho intramolecular Hbond substituents is 1. The van der Waals surface area contributed by atoms with Crippen LogP contribution in [-0.2, 0) is 9.59 Å². The Kier molecular flexibility index (Phi) is 8.03. The molecule has 32 heavy (non-hydrogen) atoms. The lowest BCUT2D eigenvalue weighted by molar-refractivity contribution is -0.135. The first-order valence-electron chi connectivity index (χ1n) is 10.9. The van der Waals surface area contributed by atoms with Crippen LogP contribution in [-0.4, -0.2) is 17.0 Å². The summed E-state index contributed by atoms with van der Waals surface area (Å²) >= 11 is 0. The van der Waals surface area contributed by atoms with Gasteiger partial charge in [0.1, 0.15) is 17.2 Å². The minimum absolute atomic E-state index is 0.114. The van der Waals surface area contributed by atoms with Gasteiger partial charge in [-0.3, -0.25) is 9.59 Å². The van der Waals surface area contributed by atoms with Crippen LogP contribution in [0, 0.1) is 0 Å². The van der Waals surface area contributed by atoms with E-state index in [1.54, 1.807) is 36.4 Å². The van der Waals surface area contributed by atoms with E-state index in [4.69, 9.17) is 9.47 Å². The number of aromatic hydroxyl groups is 1. The number of phenols is 1. The summed E-state index contributed by atoms with van der Waals surface area (Å²) in [6, 6.07) is 22.0. The normalized spacial score (nSPS) is 10.7. The second-order valence-electron chi connectivity index (χ2n) is 7.61. The lowest BCUT2D eigenvalue weighted by atomic mass is 9.85. The van der Waals surface area contributed by atoms with Gasteiger partial charge in [-0.1, -0.05) is 50.2 Å². The average Bonchev–Trinajstić information content (AvgIpc) is 2.78. The van der Waals surface area contributed by atoms with E-state index < -0.39 is 0 Å². The summed E-state index contributed by atoms with van der Waals surface area (Å²) in [5.41, 5.74) is 3.00. The molecule has 0 aliphatic rings. The highest BCUT2D eigenvalue weighted by molar-refractivity contribution is 5.72. The predicted molar refractivity (Wildman–Crippen MR) is 123 cm³/mol. The van der Waals surface area contributed by atoms with Gasteiger partial charge in [-0.15, -0.1) is 0 Å². The van der Waals surface area contributed by atoms with E-state index in [9.17, 15) is 14.7 Å². The molecule has 5 nitrogen and oxygen atoms in total. The van der Waals surface area contributed by atoms with Crippen LogP contribution in [0.2, 0.25) is 0 Å². The molecule has 0 spiro atoms. The van der Waals surface area contributed by atoms with Gasteiger partial charge in [0.2, 0.25) is 0 Å². The molecule has 0 atom stereocenters. The third-order valence-corrected chi connectivity index (χ3v) is 5.02. The predicted octanol–water partition coefficient (Wildman–Crippen LogP) is 5.98. The van der Waals surface area contributed by atoms with Gasteiger partial charge in [-0.05, 0) is 65.9 Å². The second kappa shape index (κ2) is 11.1. The molecule has 166 valence electrons. The van der Waals surface area contributed by atoms with Gasteiger partial charge < -0.3 is 14.6 Å². The number of carbonyl (C=O) groups is 2. The average molecular weight is 433 g/mol. The molecule has 3 aromatic carbocycles. The first-order valence-corrected chi connectivity index (χ1v) is 10.9. The molecule has 0 bridgehead atoms. The SMILES string of the molecule is CCCC(=O)Oc1ccc(C(c2ccc(O)cc2)c2ccc(OC(=O)CCC)cc2)cc1. The van der Waals surface area contributed by atoms with Crippen LogP contribution < -0.4 is 9.47 Å². The summed E-state index contributed by atoms with van der Waals surface area (Å²) in [6.45, 7) is 3.87. The monoisotopic (exact) mass is 432 g/mol. The first-order chi connectivity index (χ1) is 15.5. The lowest BCUT2D eigenvalue weighted by Gasteiger charge is -2.20. The Morgan fingerprint density at radius 1 is 0.656 bits per heavy atom. The topological polar surface area (TPSA) is 72.8 Å². The summed E-state index contributed by atoms with van der Waals surface area (Å²) < 4.78 is 10.7. The van der Waals surface area contributed by atoms with Crippen LogP contribution in [0.15, 0.2) is 72.8 Å². The lowest BCUT2D eigenvalue weighted by Crippen LogP contribution is -2.08. The zero-order chi connectivity index (χ0) is 22.9. The van der Waals surface area contributed by atoms with Crippen LogP contribution in [0.25, 0.3) is 0 Å². The number of ether oxygens (including phenoxy) is 2. The summed E-state index contributed by atoms with van der Waals surface area (Å²) in [5, 5.41) is 9.71. The number of hydrogen-bond donors (Lipinski definition) is 1. The molecule has 0 heterocycles. The van der Waals surface area contributed by atoms with Crippen molar-refractivity contribution in [2.45, 2.75) is 45.4 Å². The van der Waals surface area contributed by atoms with Crippen molar-refractivity contribution in [3.8, 4) is 17.2 Å². The minimum atomic E-state index is -0.247. The highest BCUT2D eigenvalue weighted by Gasteiger charge is 2.18. The quantitative estimate of drug-likeness (QED) is 0.256. The number of esters is 2. The molecule has 0 radical (unpaired) electrons. The van der Waals surface area contributed by atoms with Crippen LogP contribution >= 0.6 is 0 Å². The van der Waals surface area contributed by atoms with Gasteiger partial charge in [-0.2, -0.15) is 0 Å². The van der Waals surface area contributed by atoms with Gasteiger partial charge >= 0.3 is 11.9 Å². The molecule has 1 N–H and O–H groups in total. The minimum Gasteiger partial charge on any atom is -0.508 e. The van der Waals surface area contributed by atoms with E-state index in [0.29, 0.717) is 24.3 Å². The first kappa shape index (κ1) is 23.1. The van der Waals surface area contributed by atoms with Gasteiger partial charge in [0.25, 0.3) is 0 Å². The molecule has 5 heteroatoms. The van der Waals surface area contributed by atoms with Crippen LogP contribution in [0.3, 0.4) is 0 Å². The summed E-state index contributed by atoms with van der Waals surface area (Å²) in [7, 11) is 0. The molecule has 0 aliphatic carbocycles. The van der Waals surface area contributed by atoms with E-state index in [1.165, 1.54) is 0 Å². The maximum atomic E-state index is 11.8. The van der Waals surface area contributed by atoms with Crippen molar-refractivity contribution in [2.24, 2.45) is 0 Å². The van der Waals surface area contributed by atoms with Gasteiger partial charge in [0, 0.05) is 18.8 Å². The van der Waals surface area contributed by atoms with Crippen molar-refractivity contribution in [3.63, 3.8) is 0 Å². The molecule has 3 aromatic rings. The van der Waals surface area contributed by atoms with Gasteiger partial charge in [-0.25, -0.2) is 0 Å². The molecule has 0 saturated heterocycles. The molecular formula is C27H28O5. The largest absolute Gasteiger partial charge is 0.508 e. The van der Waals surface area contributed by atoms with Crippen molar-refractivity contribution in [1.29, 1.82) is 0 Å². The second-order valence-corrected chi connectivity index (χ2v) is 7.61. The van der Waals surface area contributed by atoms with E-state index in [0.717, 1.165) is 29.5 Å². The third kappa shape index (κ3) is 6.20. The molecule has 0 aliphatic heterocycles. The fraction of sp³-hybridized carbons (Fsp3) is 0.259. The van der Waals surface area contributed by atoms with E-state index in [1.807, 2.05) is 50.2 Å². The van der Waals surface area contributed by atoms with Crippen LogP contribution in [0.1, 0.15) is 62.1 Å². The Morgan fingerprint density at radius 3 is 1.34 bits per heavy atom. The Hall–Kier alpha value is -3.60. The summed E-state index contributed by atoms with van der Waals surface area (Å²) in [4.78, 5) is 23.5. The zero-order valence-corrected chi connectivity index (χ0v) is 18.4. The maximum absolute atomic E-state index is 11.8. The fourth-order valence-corrected chi connectivity index (χ4v) is 3.47. The van der Waals surface area contributed by atoms with Gasteiger partial charge in [0.15, 0.2) is 0 Å². The molecule has 0 unspecified atom stereocenters. The van der Waals surface area contributed by atoms with Crippen LogP contribution in [0.5, 0.6) is 17.2 Å². The number of hydrogen-bond acceptors (Lipinski definition) is 5. The molecule has 3 rings (SSSR count). The van der Waals surface area contributed by atoms with Crippen LogP contribution in [0.4, 0.5) is 0 Å². The highest BCUT2D eigenvalue weighted by Crippen LogP contribution is 2.34. The molecular weight excluding hydrogens is 404 g/mol. The summed E-state index contributed by atoms with van der Waals surface area (Å²) in [6.07, 6.45) is 2.24. The Labute approximate surface area is 188 Å². The Bertz CT molecular complexity index is 958. The molecule has 0 saturated carbocycles. The van der Waals surface area contributed by atoms with Gasteiger partial charge in [0.05, 0.1) is 0 Å². The molecule has 0 amide bonds. The van der Waals surface area contributed by atoms with E-state index >= 15 is 0 Å². The Morgan fingerprint density at radius 2 is 1.00 bits per heavy atom. The number of carbonyl (C=O) groups excluding carboxylic acids is 2. The smallest absolute Gasteiger partial charge is 0.311 e. The number of benzene rings is 3. The molecule has 0 aromatic heterocycles. The Balaban J connectivity index is 1.89. The number of rotatable bonds is 9. The van der Waals surface area contributed by atoms with E-state index in [-0.39, 0.29) is 23.6 Å². The van der Waals surface area contributed by atoms with Crippen molar-refractivity contribution in [3.05, 3.63) is 89.5 Å². The molecule has 0 fully saturated rings.